The number of benzene rings is 1. The predicted octanol–water partition coefficient (Wildman–Crippen LogP) is 2.51. The van der Waals surface area contributed by atoms with Crippen LogP contribution >= 0.6 is 0 Å². The van der Waals surface area contributed by atoms with E-state index in [-0.39, 0.29) is 11.9 Å². The lowest BCUT2D eigenvalue weighted by atomic mass is 10.1. The van der Waals surface area contributed by atoms with Crippen molar-refractivity contribution in [1.29, 1.82) is 0 Å². The fourth-order valence-corrected chi connectivity index (χ4v) is 2.61. The molecule has 1 aromatic carbocycles. The van der Waals surface area contributed by atoms with E-state index in [0.717, 1.165) is 18.6 Å². The third kappa shape index (κ3) is 2.37. The van der Waals surface area contributed by atoms with Crippen LogP contribution in [0.25, 0.3) is 0 Å². The van der Waals surface area contributed by atoms with E-state index < -0.39 is 0 Å². The van der Waals surface area contributed by atoms with Gasteiger partial charge in [0.1, 0.15) is 5.75 Å². The maximum absolute atomic E-state index is 12.2. The van der Waals surface area contributed by atoms with Crippen LogP contribution in [0, 0.1) is 0 Å². The number of pyridine rings is 1. The van der Waals surface area contributed by atoms with Crippen molar-refractivity contribution in [3.05, 3.63) is 59.4 Å². The lowest BCUT2D eigenvalue weighted by Gasteiger charge is -2.14. The number of aromatic nitrogens is 1. The number of nitrogens with one attached hydrogen (secondary N) is 1. The van der Waals surface area contributed by atoms with Crippen LogP contribution in [0.15, 0.2) is 42.7 Å². The van der Waals surface area contributed by atoms with Gasteiger partial charge >= 0.3 is 0 Å². The molecule has 1 aromatic heterocycles. The standard InChI is InChI=1S/C16H16N2O2/c1-20-13-5-6-14-11(9-13)4-7-15(14)18-16(19)12-3-2-8-17-10-12/h2-3,5-6,8-10,15H,4,7H2,1H3,(H,18,19)/t15-/m1/s1. The van der Waals surface area contributed by atoms with Crippen LogP contribution < -0.4 is 10.1 Å². The Morgan fingerprint density at radius 3 is 3.05 bits per heavy atom. The van der Waals surface area contributed by atoms with Crippen molar-refractivity contribution in [2.75, 3.05) is 7.11 Å². The van der Waals surface area contributed by atoms with Crippen molar-refractivity contribution < 1.29 is 9.53 Å². The number of carbonyl (C=O) groups excluding carboxylic acids is 1. The summed E-state index contributed by atoms with van der Waals surface area (Å²) < 4.78 is 5.23. The first-order chi connectivity index (χ1) is 9.78. The van der Waals surface area contributed by atoms with E-state index in [0.29, 0.717) is 5.56 Å². The summed E-state index contributed by atoms with van der Waals surface area (Å²) in [6.45, 7) is 0. The van der Waals surface area contributed by atoms with Crippen molar-refractivity contribution in [1.82, 2.24) is 10.3 Å². The minimum Gasteiger partial charge on any atom is -0.497 e. The number of ether oxygens (including phenoxy) is 1. The summed E-state index contributed by atoms with van der Waals surface area (Å²) in [5, 5.41) is 3.07. The molecule has 102 valence electrons. The average molecular weight is 268 g/mol. The SMILES string of the molecule is COc1ccc2c(c1)CC[C@H]2NC(=O)c1cccnc1. The van der Waals surface area contributed by atoms with Gasteiger partial charge in [0, 0.05) is 12.4 Å². The molecule has 1 N–H and O–H groups in total. The molecule has 1 amide bonds. The van der Waals surface area contributed by atoms with Gasteiger partial charge in [-0.25, -0.2) is 0 Å². The monoisotopic (exact) mass is 268 g/mol. The largest absolute Gasteiger partial charge is 0.497 e. The highest BCUT2D eigenvalue weighted by Gasteiger charge is 2.24. The molecule has 1 aliphatic rings. The molecule has 0 saturated carbocycles. The Kier molecular flexibility index (Phi) is 3.37. The molecular formula is C16H16N2O2. The highest BCUT2D eigenvalue weighted by atomic mass is 16.5. The second-order valence-electron chi connectivity index (χ2n) is 4.87. The Morgan fingerprint density at radius 2 is 2.30 bits per heavy atom. The van der Waals surface area contributed by atoms with Gasteiger partial charge in [0.15, 0.2) is 0 Å². The van der Waals surface area contributed by atoms with E-state index in [9.17, 15) is 4.79 Å². The fourth-order valence-electron chi connectivity index (χ4n) is 2.61. The summed E-state index contributed by atoms with van der Waals surface area (Å²) in [5.41, 5.74) is 3.03. The zero-order chi connectivity index (χ0) is 13.9. The summed E-state index contributed by atoms with van der Waals surface area (Å²) >= 11 is 0. The van der Waals surface area contributed by atoms with E-state index in [2.05, 4.69) is 10.3 Å². The normalized spacial score (nSPS) is 16.6. The maximum atomic E-state index is 12.2. The number of fused-ring (bicyclic) bond motifs is 1. The minimum absolute atomic E-state index is 0.0728. The molecule has 20 heavy (non-hydrogen) atoms. The Hall–Kier alpha value is -2.36. The van der Waals surface area contributed by atoms with Gasteiger partial charge in [0.2, 0.25) is 0 Å². The molecule has 0 unspecified atom stereocenters. The van der Waals surface area contributed by atoms with E-state index in [1.165, 1.54) is 11.1 Å². The first-order valence-corrected chi connectivity index (χ1v) is 6.65. The highest BCUT2D eigenvalue weighted by Crippen LogP contribution is 2.33. The molecule has 1 heterocycles. The zero-order valence-corrected chi connectivity index (χ0v) is 11.3. The Bertz CT molecular complexity index is 626. The number of hydrogen-bond donors (Lipinski definition) is 1. The molecule has 0 radical (unpaired) electrons. The van der Waals surface area contributed by atoms with Gasteiger partial charge in [-0.05, 0) is 48.2 Å². The number of aryl methyl sites for hydroxylation is 1. The number of nitrogens with zero attached hydrogens (tertiary/aromatic N) is 1. The molecule has 0 bridgehead atoms. The second kappa shape index (κ2) is 5.33. The van der Waals surface area contributed by atoms with E-state index in [4.69, 9.17) is 4.74 Å². The number of hydrogen-bond acceptors (Lipinski definition) is 3. The number of carbonyl (C=O) groups is 1. The van der Waals surface area contributed by atoms with Crippen LogP contribution in [0.4, 0.5) is 0 Å². The third-order valence-electron chi connectivity index (χ3n) is 3.66. The van der Waals surface area contributed by atoms with Crippen molar-refractivity contribution >= 4 is 5.91 Å². The molecule has 0 saturated heterocycles. The lowest BCUT2D eigenvalue weighted by Crippen LogP contribution is -2.27. The highest BCUT2D eigenvalue weighted by molar-refractivity contribution is 5.94. The van der Waals surface area contributed by atoms with Crippen LogP contribution in [-0.2, 0) is 6.42 Å². The van der Waals surface area contributed by atoms with Crippen LogP contribution in [0.2, 0.25) is 0 Å². The molecule has 2 aromatic rings. The van der Waals surface area contributed by atoms with Gasteiger partial charge in [-0.15, -0.1) is 0 Å². The van der Waals surface area contributed by atoms with Crippen molar-refractivity contribution in [2.24, 2.45) is 0 Å². The number of rotatable bonds is 3. The summed E-state index contributed by atoms with van der Waals surface area (Å²) in [4.78, 5) is 16.1. The topological polar surface area (TPSA) is 51.2 Å². The quantitative estimate of drug-likeness (QED) is 0.930. The van der Waals surface area contributed by atoms with Gasteiger partial charge in [0.05, 0.1) is 18.7 Å². The molecule has 1 aliphatic carbocycles. The molecule has 0 spiro atoms. The smallest absolute Gasteiger partial charge is 0.253 e. The Morgan fingerprint density at radius 1 is 1.40 bits per heavy atom. The predicted molar refractivity (Wildman–Crippen MR) is 75.8 cm³/mol. The first-order valence-electron chi connectivity index (χ1n) is 6.65. The van der Waals surface area contributed by atoms with Crippen molar-refractivity contribution in [3.8, 4) is 5.75 Å². The van der Waals surface area contributed by atoms with Gasteiger partial charge in [-0.2, -0.15) is 0 Å². The summed E-state index contributed by atoms with van der Waals surface area (Å²) in [6.07, 6.45) is 5.13. The van der Waals surface area contributed by atoms with Crippen molar-refractivity contribution in [3.63, 3.8) is 0 Å². The zero-order valence-electron chi connectivity index (χ0n) is 11.3. The first kappa shape index (κ1) is 12.7. The fraction of sp³-hybridized carbons (Fsp3) is 0.250. The second-order valence-corrected chi connectivity index (χ2v) is 4.87. The van der Waals surface area contributed by atoms with Crippen LogP contribution in [0.3, 0.4) is 0 Å². The van der Waals surface area contributed by atoms with Gasteiger partial charge in [-0.1, -0.05) is 6.07 Å². The summed E-state index contributed by atoms with van der Waals surface area (Å²) in [7, 11) is 1.67. The van der Waals surface area contributed by atoms with Gasteiger partial charge in [-0.3, -0.25) is 9.78 Å². The molecule has 1 atom stereocenters. The molecule has 4 heteroatoms. The number of methoxy groups -OCH3 is 1. The van der Waals surface area contributed by atoms with Crippen LogP contribution in [0.5, 0.6) is 5.75 Å². The van der Waals surface area contributed by atoms with E-state index in [1.807, 2.05) is 18.2 Å². The molecule has 0 fully saturated rings. The molecule has 0 aliphatic heterocycles. The molecule has 4 nitrogen and oxygen atoms in total. The van der Waals surface area contributed by atoms with Crippen LogP contribution in [-0.4, -0.2) is 18.0 Å². The minimum atomic E-state index is -0.0771. The number of amides is 1. The van der Waals surface area contributed by atoms with Gasteiger partial charge < -0.3 is 10.1 Å². The third-order valence-corrected chi connectivity index (χ3v) is 3.66. The Labute approximate surface area is 117 Å². The van der Waals surface area contributed by atoms with E-state index in [1.54, 1.807) is 31.6 Å². The lowest BCUT2D eigenvalue weighted by molar-refractivity contribution is 0.0936. The average Bonchev–Trinajstić information content (AvgIpc) is 2.90. The Balaban J connectivity index is 1.77. The maximum Gasteiger partial charge on any atom is 0.253 e. The van der Waals surface area contributed by atoms with Crippen molar-refractivity contribution in [2.45, 2.75) is 18.9 Å². The molecular weight excluding hydrogens is 252 g/mol. The summed E-state index contributed by atoms with van der Waals surface area (Å²) in [5.74, 6) is 0.787. The van der Waals surface area contributed by atoms with Crippen LogP contribution in [0.1, 0.15) is 33.9 Å². The van der Waals surface area contributed by atoms with E-state index >= 15 is 0 Å². The summed E-state index contributed by atoms with van der Waals surface area (Å²) in [6, 6.07) is 9.63. The molecule has 3 rings (SSSR count). The van der Waals surface area contributed by atoms with Gasteiger partial charge in [0.25, 0.3) is 5.91 Å².